The van der Waals surface area contributed by atoms with Crippen molar-refractivity contribution in [1.82, 2.24) is 0 Å². The maximum atomic E-state index is 9.62. The predicted octanol–water partition coefficient (Wildman–Crippen LogP) is 5.12. The number of rotatable bonds is 4. The van der Waals surface area contributed by atoms with Crippen LogP contribution >= 0.6 is 11.6 Å². The van der Waals surface area contributed by atoms with Gasteiger partial charge in [-0.25, -0.2) is 0 Å². The van der Waals surface area contributed by atoms with Crippen molar-refractivity contribution in [1.29, 1.82) is 5.26 Å². The maximum Gasteiger partial charge on any atom is 0.137 e. The molecular formula is C19H20ClNO. The largest absolute Gasteiger partial charge is 0.495 e. The minimum Gasteiger partial charge on any atom is -0.495 e. The quantitative estimate of drug-likeness (QED) is 0.784. The van der Waals surface area contributed by atoms with Gasteiger partial charge in [-0.2, -0.15) is 5.26 Å². The first-order valence-electron chi connectivity index (χ1n) is 7.26. The van der Waals surface area contributed by atoms with Crippen molar-refractivity contribution in [2.24, 2.45) is 0 Å². The summed E-state index contributed by atoms with van der Waals surface area (Å²) in [6, 6.07) is 12.4. The van der Waals surface area contributed by atoms with E-state index < -0.39 is 0 Å². The van der Waals surface area contributed by atoms with Crippen molar-refractivity contribution in [2.45, 2.75) is 33.1 Å². The zero-order valence-electron chi connectivity index (χ0n) is 13.4. The molecule has 2 aromatic carbocycles. The number of hydrogen-bond acceptors (Lipinski definition) is 2. The van der Waals surface area contributed by atoms with E-state index in [0.29, 0.717) is 17.2 Å². The first-order valence-corrected chi connectivity index (χ1v) is 7.63. The second-order valence-electron chi connectivity index (χ2n) is 5.67. The number of benzene rings is 2. The molecule has 0 aliphatic heterocycles. The highest BCUT2D eigenvalue weighted by Crippen LogP contribution is 2.30. The number of nitriles is 1. The van der Waals surface area contributed by atoms with E-state index in [9.17, 15) is 5.26 Å². The van der Waals surface area contributed by atoms with Crippen LogP contribution in [-0.4, -0.2) is 7.11 Å². The third kappa shape index (κ3) is 3.43. The summed E-state index contributed by atoms with van der Waals surface area (Å²) in [5.41, 5.74) is 5.73. The molecule has 0 fully saturated rings. The molecule has 3 heteroatoms. The lowest BCUT2D eigenvalue weighted by Crippen LogP contribution is -2.06. The molecule has 0 bridgehead atoms. The number of hydrogen-bond donors (Lipinski definition) is 0. The fourth-order valence-corrected chi connectivity index (χ4v) is 3.31. The smallest absolute Gasteiger partial charge is 0.137 e. The van der Waals surface area contributed by atoms with Crippen LogP contribution in [0.1, 0.15) is 33.7 Å². The van der Waals surface area contributed by atoms with E-state index in [1.807, 2.05) is 18.2 Å². The van der Waals surface area contributed by atoms with Crippen LogP contribution in [0.25, 0.3) is 0 Å². The molecule has 0 radical (unpaired) electrons. The molecule has 0 aliphatic rings. The molecule has 0 amide bonds. The Morgan fingerprint density at radius 2 is 1.77 bits per heavy atom. The summed E-state index contributed by atoms with van der Waals surface area (Å²) in [6.45, 7) is 6.22. The summed E-state index contributed by atoms with van der Waals surface area (Å²) >= 11 is 6.18. The lowest BCUT2D eigenvalue weighted by molar-refractivity contribution is 0.415. The Morgan fingerprint density at radius 1 is 1.14 bits per heavy atom. The molecule has 0 aliphatic carbocycles. The third-order valence-corrected chi connectivity index (χ3v) is 4.19. The van der Waals surface area contributed by atoms with E-state index in [2.05, 4.69) is 39.0 Å². The van der Waals surface area contributed by atoms with E-state index in [1.165, 1.54) is 16.7 Å². The molecule has 2 nitrogen and oxygen atoms in total. The zero-order valence-corrected chi connectivity index (χ0v) is 14.2. The Morgan fingerprint density at radius 3 is 2.27 bits per heavy atom. The molecule has 0 heterocycles. The van der Waals surface area contributed by atoms with E-state index in [4.69, 9.17) is 16.3 Å². The van der Waals surface area contributed by atoms with Gasteiger partial charge in [0.2, 0.25) is 0 Å². The molecule has 1 unspecified atom stereocenters. The van der Waals surface area contributed by atoms with E-state index in [-0.39, 0.29) is 5.92 Å². The molecule has 0 saturated carbocycles. The third-order valence-electron chi connectivity index (χ3n) is 3.90. The Kier molecular flexibility index (Phi) is 5.11. The van der Waals surface area contributed by atoms with Crippen LogP contribution in [0, 0.1) is 32.1 Å². The van der Waals surface area contributed by atoms with Gasteiger partial charge in [-0.15, -0.1) is 0 Å². The first kappa shape index (κ1) is 16.4. The number of halogens is 1. The fourth-order valence-electron chi connectivity index (χ4n) is 3.03. The average molecular weight is 314 g/mol. The topological polar surface area (TPSA) is 33.0 Å². The van der Waals surface area contributed by atoms with Gasteiger partial charge >= 0.3 is 0 Å². The van der Waals surface area contributed by atoms with Gasteiger partial charge in [0.05, 0.1) is 24.1 Å². The molecule has 0 aromatic heterocycles. The van der Waals surface area contributed by atoms with Crippen molar-refractivity contribution in [3.8, 4) is 11.8 Å². The second-order valence-corrected chi connectivity index (χ2v) is 6.07. The normalized spacial score (nSPS) is 11.8. The standard InChI is InChI=1S/C19H20ClNO/c1-12-7-13(2)19(14(3)8-12)16(11-21)9-15-5-6-18(22-4)17(20)10-15/h5-8,10,16H,9H2,1-4H3. The Labute approximate surface area is 137 Å². The van der Waals surface area contributed by atoms with Gasteiger partial charge in [-0.05, 0) is 61.6 Å². The second kappa shape index (κ2) is 6.85. The molecule has 0 spiro atoms. The molecule has 114 valence electrons. The summed E-state index contributed by atoms with van der Waals surface area (Å²) in [4.78, 5) is 0. The SMILES string of the molecule is COc1ccc(CC(C#N)c2c(C)cc(C)cc2C)cc1Cl. The fraction of sp³-hybridized carbons (Fsp3) is 0.316. The minimum absolute atomic E-state index is 0.176. The number of methoxy groups -OCH3 is 1. The maximum absolute atomic E-state index is 9.62. The van der Waals surface area contributed by atoms with E-state index in [1.54, 1.807) is 7.11 Å². The highest BCUT2D eigenvalue weighted by molar-refractivity contribution is 6.32. The van der Waals surface area contributed by atoms with E-state index in [0.717, 1.165) is 11.1 Å². The highest BCUT2D eigenvalue weighted by Gasteiger charge is 2.17. The molecular weight excluding hydrogens is 294 g/mol. The highest BCUT2D eigenvalue weighted by atomic mass is 35.5. The van der Waals surface area contributed by atoms with Crippen molar-refractivity contribution in [3.63, 3.8) is 0 Å². The van der Waals surface area contributed by atoms with Crippen LogP contribution in [0.2, 0.25) is 5.02 Å². The Bertz CT molecular complexity index is 708. The van der Waals surface area contributed by atoms with Crippen LogP contribution in [-0.2, 0) is 6.42 Å². The number of nitrogens with zero attached hydrogens (tertiary/aromatic N) is 1. The van der Waals surface area contributed by atoms with Gasteiger partial charge in [0.15, 0.2) is 0 Å². The summed E-state index contributed by atoms with van der Waals surface area (Å²) in [6.07, 6.45) is 0.644. The predicted molar refractivity (Wildman–Crippen MR) is 90.7 cm³/mol. The molecule has 2 aromatic rings. The number of aryl methyl sites for hydroxylation is 3. The van der Waals surface area contributed by atoms with Crippen molar-refractivity contribution in [3.05, 3.63) is 63.2 Å². The molecule has 0 saturated heterocycles. The van der Waals surface area contributed by atoms with Gasteiger partial charge < -0.3 is 4.74 Å². The van der Waals surface area contributed by atoms with Crippen molar-refractivity contribution >= 4 is 11.6 Å². The summed E-state index contributed by atoms with van der Waals surface area (Å²) < 4.78 is 5.17. The van der Waals surface area contributed by atoms with Crippen LogP contribution in [0.5, 0.6) is 5.75 Å². The summed E-state index contributed by atoms with van der Waals surface area (Å²) in [5, 5.41) is 10.2. The monoisotopic (exact) mass is 313 g/mol. The lowest BCUT2D eigenvalue weighted by Gasteiger charge is -2.17. The van der Waals surface area contributed by atoms with Crippen molar-refractivity contribution in [2.75, 3.05) is 7.11 Å². The van der Waals surface area contributed by atoms with Crippen LogP contribution < -0.4 is 4.74 Å². The van der Waals surface area contributed by atoms with Crippen LogP contribution in [0.3, 0.4) is 0 Å². The van der Waals surface area contributed by atoms with Crippen molar-refractivity contribution < 1.29 is 4.74 Å². The van der Waals surface area contributed by atoms with Crippen LogP contribution in [0.15, 0.2) is 30.3 Å². The van der Waals surface area contributed by atoms with E-state index >= 15 is 0 Å². The number of ether oxygens (including phenoxy) is 1. The van der Waals surface area contributed by atoms with Crippen LogP contribution in [0.4, 0.5) is 0 Å². The zero-order chi connectivity index (χ0) is 16.3. The van der Waals surface area contributed by atoms with Gasteiger partial charge in [0, 0.05) is 0 Å². The van der Waals surface area contributed by atoms with Gasteiger partial charge in [-0.1, -0.05) is 35.4 Å². The Hall–Kier alpha value is -1.98. The lowest BCUT2D eigenvalue weighted by atomic mass is 9.86. The van der Waals surface area contributed by atoms with Gasteiger partial charge in [0.25, 0.3) is 0 Å². The minimum atomic E-state index is -0.176. The molecule has 0 N–H and O–H groups in total. The average Bonchev–Trinajstić information content (AvgIpc) is 2.45. The molecule has 22 heavy (non-hydrogen) atoms. The molecule has 1 atom stereocenters. The Balaban J connectivity index is 2.35. The first-order chi connectivity index (χ1) is 10.5. The molecule has 2 rings (SSSR count). The summed E-state index contributed by atoms with van der Waals surface area (Å²) in [5.74, 6) is 0.478. The summed E-state index contributed by atoms with van der Waals surface area (Å²) in [7, 11) is 1.60. The van der Waals surface area contributed by atoms with Gasteiger partial charge in [-0.3, -0.25) is 0 Å². The van der Waals surface area contributed by atoms with Gasteiger partial charge in [0.1, 0.15) is 5.75 Å².